The van der Waals surface area contributed by atoms with Crippen molar-refractivity contribution < 1.29 is 5.11 Å². The molecule has 1 rings (SSSR count). The second kappa shape index (κ2) is 1.80. The smallest absolute Gasteiger partial charge is 0.105 e. The first-order chi connectivity index (χ1) is 3.29. The van der Waals surface area contributed by atoms with E-state index in [9.17, 15) is 0 Å². The Morgan fingerprint density at radius 2 is 2.43 bits per heavy atom. The van der Waals surface area contributed by atoms with Gasteiger partial charge in [0.15, 0.2) is 0 Å². The van der Waals surface area contributed by atoms with Gasteiger partial charge in [0, 0.05) is 6.54 Å². The monoisotopic (exact) mass is 101 g/mol. The molecule has 7 heavy (non-hydrogen) atoms. The highest BCUT2D eigenvalue weighted by Crippen LogP contribution is 2.09. The van der Waals surface area contributed by atoms with E-state index in [-0.39, 0.29) is 6.23 Å². The van der Waals surface area contributed by atoms with Gasteiger partial charge in [-0.25, -0.2) is 0 Å². The second-order valence-electron chi connectivity index (χ2n) is 2.26. The van der Waals surface area contributed by atoms with Crippen LogP contribution in [0.4, 0.5) is 0 Å². The molecule has 0 amide bonds. The minimum Gasteiger partial charge on any atom is -0.379 e. The molecule has 0 aliphatic carbocycles. The van der Waals surface area contributed by atoms with Crippen molar-refractivity contribution in [1.29, 1.82) is 0 Å². The molecule has 42 valence electrons. The summed E-state index contributed by atoms with van der Waals surface area (Å²) in [4.78, 5) is 0. The van der Waals surface area contributed by atoms with Gasteiger partial charge < -0.3 is 5.11 Å². The van der Waals surface area contributed by atoms with Gasteiger partial charge in [-0.3, -0.25) is 5.32 Å². The molecule has 2 nitrogen and oxygen atoms in total. The summed E-state index contributed by atoms with van der Waals surface area (Å²) in [6, 6.07) is 0. The van der Waals surface area contributed by atoms with Crippen LogP contribution >= 0.6 is 0 Å². The van der Waals surface area contributed by atoms with Crippen molar-refractivity contribution in [1.82, 2.24) is 5.32 Å². The van der Waals surface area contributed by atoms with Gasteiger partial charge in [0.05, 0.1) is 0 Å². The molecule has 0 spiro atoms. The second-order valence-corrected chi connectivity index (χ2v) is 2.26. The Morgan fingerprint density at radius 3 is 2.57 bits per heavy atom. The highest BCUT2D eigenvalue weighted by atomic mass is 16.3. The molecule has 2 heteroatoms. The summed E-state index contributed by atoms with van der Waals surface area (Å²) in [5.41, 5.74) is 0. The minimum absolute atomic E-state index is 0.227. The largest absolute Gasteiger partial charge is 0.379 e. The van der Waals surface area contributed by atoms with Gasteiger partial charge in [-0.05, 0) is 12.3 Å². The van der Waals surface area contributed by atoms with E-state index in [2.05, 4.69) is 12.2 Å². The molecule has 1 heterocycles. The van der Waals surface area contributed by atoms with Crippen molar-refractivity contribution in [2.75, 3.05) is 6.54 Å². The van der Waals surface area contributed by atoms with E-state index >= 15 is 0 Å². The third kappa shape index (κ3) is 1.14. The zero-order valence-electron chi connectivity index (χ0n) is 4.52. The van der Waals surface area contributed by atoms with Crippen molar-refractivity contribution in [2.45, 2.75) is 19.6 Å². The van der Waals surface area contributed by atoms with Gasteiger partial charge in [-0.2, -0.15) is 0 Å². The van der Waals surface area contributed by atoms with E-state index in [0.29, 0.717) is 5.92 Å². The maximum Gasteiger partial charge on any atom is 0.105 e. The van der Waals surface area contributed by atoms with Crippen LogP contribution in [-0.2, 0) is 0 Å². The van der Waals surface area contributed by atoms with Gasteiger partial charge in [-0.1, -0.05) is 6.92 Å². The summed E-state index contributed by atoms with van der Waals surface area (Å²) >= 11 is 0. The van der Waals surface area contributed by atoms with Crippen molar-refractivity contribution in [3.63, 3.8) is 0 Å². The van der Waals surface area contributed by atoms with Crippen LogP contribution in [0.2, 0.25) is 0 Å². The highest BCUT2D eigenvalue weighted by Gasteiger charge is 2.16. The number of aliphatic hydroxyl groups excluding tert-OH is 1. The molecule has 2 atom stereocenters. The third-order valence-electron chi connectivity index (χ3n) is 1.33. The SMILES string of the molecule is CC1CN[C@H](O)C1. The Bertz CT molecular complexity index is 57.1. The highest BCUT2D eigenvalue weighted by molar-refractivity contribution is 4.69. The van der Waals surface area contributed by atoms with Gasteiger partial charge in [0.25, 0.3) is 0 Å². The summed E-state index contributed by atoms with van der Waals surface area (Å²) in [7, 11) is 0. The van der Waals surface area contributed by atoms with Crippen molar-refractivity contribution in [2.24, 2.45) is 5.92 Å². The lowest BCUT2D eigenvalue weighted by atomic mass is 10.1. The quantitative estimate of drug-likeness (QED) is 0.448. The van der Waals surface area contributed by atoms with E-state index in [1.165, 1.54) is 0 Å². The molecule has 0 radical (unpaired) electrons. The van der Waals surface area contributed by atoms with E-state index in [0.717, 1.165) is 13.0 Å². The van der Waals surface area contributed by atoms with Crippen LogP contribution in [0.25, 0.3) is 0 Å². The predicted octanol–water partition coefficient (Wildman–Crippen LogP) is -0.0658. The molecule has 1 aliphatic heterocycles. The van der Waals surface area contributed by atoms with E-state index < -0.39 is 0 Å². The molecule has 0 aromatic heterocycles. The fraction of sp³-hybridized carbons (Fsp3) is 1.00. The number of nitrogens with one attached hydrogen (secondary N) is 1. The normalized spacial score (nSPS) is 42.0. The van der Waals surface area contributed by atoms with Crippen molar-refractivity contribution >= 4 is 0 Å². The number of rotatable bonds is 0. The van der Waals surface area contributed by atoms with Crippen LogP contribution in [0.15, 0.2) is 0 Å². The molecule has 1 aliphatic rings. The molecule has 0 aromatic carbocycles. The average molecular weight is 101 g/mol. The Hall–Kier alpha value is -0.0800. The standard InChI is InChI=1S/C5H11NO/c1-4-2-5(7)6-3-4/h4-7H,2-3H2,1H3/t4?,5-/m1/s1. The topological polar surface area (TPSA) is 32.3 Å². The zero-order chi connectivity index (χ0) is 5.28. The predicted molar refractivity (Wildman–Crippen MR) is 27.8 cm³/mol. The van der Waals surface area contributed by atoms with Crippen LogP contribution in [0.5, 0.6) is 0 Å². The summed E-state index contributed by atoms with van der Waals surface area (Å²) in [6.07, 6.45) is 0.690. The van der Waals surface area contributed by atoms with Crippen LogP contribution in [-0.4, -0.2) is 17.9 Å². The van der Waals surface area contributed by atoms with Gasteiger partial charge >= 0.3 is 0 Å². The lowest BCUT2D eigenvalue weighted by Gasteiger charge is -1.95. The molecule has 1 fully saturated rings. The van der Waals surface area contributed by atoms with Gasteiger partial charge in [0.2, 0.25) is 0 Å². The number of hydrogen-bond donors (Lipinski definition) is 2. The van der Waals surface area contributed by atoms with Crippen LogP contribution in [0, 0.1) is 5.92 Å². The van der Waals surface area contributed by atoms with Crippen LogP contribution < -0.4 is 5.32 Å². The molecule has 0 bridgehead atoms. The number of hydrogen-bond acceptors (Lipinski definition) is 2. The first kappa shape index (κ1) is 5.06. The molecule has 0 aromatic rings. The summed E-state index contributed by atoms with van der Waals surface area (Å²) in [5, 5.41) is 11.7. The van der Waals surface area contributed by atoms with E-state index in [4.69, 9.17) is 5.11 Å². The maximum absolute atomic E-state index is 8.79. The Labute approximate surface area is 43.5 Å². The fourth-order valence-electron chi connectivity index (χ4n) is 0.885. The molecule has 0 saturated carbocycles. The minimum atomic E-state index is -0.227. The summed E-state index contributed by atoms with van der Waals surface area (Å²) in [6.45, 7) is 3.10. The van der Waals surface area contributed by atoms with E-state index in [1.54, 1.807) is 0 Å². The molecule has 1 unspecified atom stereocenters. The van der Waals surface area contributed by atoms with Crippen LogP contribution in [0.1, 0.15) is 13.3 Å². The Morgan fingerprint density at radius 1 is 1.71 bits per heavy atom. The lowest BCUT2D eigenvalue weighted by molar-refractivity contribution is 0.157. The first-order valence-corrected chi connectivity index (χ1v) is 2.70. The summed E-state index contributed by atoms with van der Waals surface area (Å²) in [5.74, 6) is 0.662. The lowest BCUT2D eigenvalue weighted by Crippen LogP contribution is -2.19. The Balaban J connectivity index is 2.26. The van der Waals surface area contributed by atoms with Crippen molar-refractivity contribution in [3.05, 3.63) is 0 Å². The third-order valence-corrected chi connectivity index (χ3v) is 1.33. The maximum atomic E-state index is 8.79. The average Bonchev–Trinajstić information content (AvgIpc) is 1.87. The van der Waals surface area contributed by atoms with Crippen molar-refractivity contribution in [3.8, 4) is 0 Å². The molecule has 1 saturated heterocycles. The molecular weight excluding hydrogens is 90.1 g/mol. The summed E-state index contributed by atoms with van der Waals surface area (Å²) < 4.78 is 0. The number of aliphatic hydroxyl groups is 1. The van der Waals surface area contributed by atoms with Crippen LogP contribution in [0.3, 0.4) is 0 Å². The van der Waals surface area contributed by atoms with E-state index in [1.807, 2.05) is 0 Å². The zero-order valence-corrected chi connectivity index (χ0v) is 4.52. The van der Waals surface area contributed by atoms with Gasteiger partial charge in [-0.15, -0.1) is 0 Å². The fourth-order valence-corrected chi connectivity index (χ4v) is 0.885. The first-order valence-electron chi connectivity index (χ1n) is 2.70. The van der Waals surface area contributed by atoms with Gasteiger partial charge in [0.1, 0.15) is 6.23 Å². The Kier molecular flexibility index (Phi) is 1.30. The molecular formula is C5H11NO. The molecule has 2 N–H and O–H groups in total.